The van der Waals surface area contributed by atoms with Gasteiger partial charge in [-0.05, 0) is 24.1 Å². The van der Waals surface area contributed by atoms with Crippen LogP contribution in [0.2, 0.25) is 0 Å². The van der Waals surface area contributed by atoms with Crippen LogP contribution >= 0.6 is 0 Å². The first-order valence-electron chi connectivity index (χ1n) is 11.0. The summed E-state index contributed by atoms with van der Waals surface area (Å²) in [5.74, 6) is -0.635. The normalized spacial score (nSPS) is 11.0. The second kappa shape index (κ2) is 16.5. The van der Waals surface area contributed by atoms with Crippen molar-refractivity contribution >= 4 is 29.4 Å². The number of aliphatic hydroxyl groups excluding tert-OH is 1. The predicted octanol–water partition coefficient (Wildman–Crippen LogP) is 4.87. The topological polar surface area (TPSA) is 93.0 Å². The van der Waals surface area contributed by atoms with Crippen molar-refractivity contribution in [3.05, 3.63) is 29.8 Å². The first-order valence-corrected chi connectivity index (χ1v) is 11.0. The zero-order valence-electron chi connectivity index (χ0n) is 18.1. The largest absolute Gasteiger partial charge is 0.461 e. The van der Waals surface area contributed by atoms with Crippen molar-refractivity contribution in [3.8, 4) is 0 Å². The van der Waals surface area contributed by atoms with Crippen LogP contribution in [0.25, 0.3) is 0 Å². The molecular formula is C24H35NO5. The molecule has 0 aliphatic rings. The Kier molecular flexibility index (Phi) is 14.1. The monoisotopic (exact) mass is 417 g/mol. The average molecular weight is 418 g/mol. The number of aliphatic hydroxyl groups is 1. The molecule has 0 heterocycles. The highest BCUT2D eigenvalue weighted by molar-refractivity contribution is 5.92. The molecule has 6 heteroatoms. The van der Waals surface area contributed by atoms with E-state index in [1.165, 1.54) is 32.1 Å². The zero-order valence-corrected chi connectivity index (χ0v) is 18.1. The lowest BCUT2D eigenvalue weighted by Gasteiger charge is -2.05. The summed E-state index contributed by atoms with van der Waals surface area (Å²) in [6.45, 7) is 1.77. The van der Waals surface area contributed by atoms with Gasteiger partial charge in [0, 0.05) is 25.5 Å². The molecule has 0 saturated carbocycles. The molecule has 6 nitrogen and oxygen atoms in total. The molecule has 0 aliphatic carbocycles. The number of unbranched alkanes of at least 4 members (excludes halogenated alkanes) is 6. The van der Waals surface area contributed by atoms with E-state index in [1.807, 2.05) is 0 Å². The average Bonchev–Trinajstić information content (AvgIpc) is 2.76. The summed E-state index contributed by atoms with van der Waals surface area (Å²) in [7, 11) is 0. The third-order valence-corrected chi connectivity index (χ3v) is 4.74. The fraction of sp³-hybridized carbons (Fsp3) is 0.583. The van der Waals surface area contributed by atoms with Gasteiger partial charge in [-0.2, -0.15) is 0 Å². The molecule has 30 heavy (non-hydrogen) atoms. The van der Waals surface area contributed by atoms with Crippen LogP contribution in [0.5, 0.6) is 0 Å². The number of Topliss-reactive ketones (excluding diaryl/α,β-unsaturated/α-hetero) is 2. The number of hydrogen-bond donors (Lipinski definition) is 1. The lowest BCUT2D eigenvalue weighted by Crippen LogP contribution is -2.10. The number of carbonyl (C=O) groups is 3. The van der Waals surface area contributed by atoms with E-state index in [0.29, 0.717) is 12.8 Å². The number of rotatable bonds is 17. The molecule has 0 aromatic heterocycles. The molecule has 1 N–H and O–H groups in total. The summed E-state index contributed by atoms with van der Waals surface area (Å²) in [5.41, 5.74) is 1.55. The first kappa shape index (κ1) is 25.7. The minimum atomic E-state index is -0.556. The Morgan fingerprint density at radius 1 is 0.900 bits per heavy atom. The van der Waals surface area contributed by atoms with Crippen molar-refractivity contribution in [1.29, 1.82) is 0 Å². The highest BCUT2D eigenvalue weighted by atomic mass is 16.5. The molecule has 0 atom stereocenters. The molecule has 0 fully saturated rings. The smallest absolute Gasteiger partial charge is 0.306 e. The van der Waals surface area contributed by atoms with E-state index >= 15 is 0 Å². The van der Waals surface area contributed by atoms with Crippen molar-refractivity contribution in [3.63, 3.8) is 0 Å². The number of carbonyl (C=O) groups excluding carboxylic acids is 3. The van der Waals surface area contributed by atoms with Gasteiger partial charge in [0.1, 0.15) is 19.0 Å². The second-order valence-electron chi connectivity index (χ2n) is 7.45. The third-order valence-electron chi connectivity index (χ3n) is 4.74. The van der Waals surface area contributed by atoms with Crippen LogP contribution in [0.4, 0.5) is 5.69 Å². The molecule has 1 aromatic carbocycles. The van der Waals surface area contributed by atoms with Gasteiger partial charge < -0.3 is 9.84 Å². The van der Waals surface area contributed by atoms with Gasteiger partial charge in [-0.3, -0.25) is 19.4 Å². The summed E-state index contributed by atoms with van der Waals surface area (Å²) < 4.78 is 5.09. The number of aliphatic imine (C=N–C) groups is 1. The quantitative estimate of drug-likeness (QED) is 0.222. The minimum Gasteiger partial charge on any atom is -0.461 e. The summed E-state index contributed by atoms with van der Waals surface area (Å²) >= 11 is 0. The first-order chi connectivity index (χ1) is 14.5. The van der Waals surface area contributed by atoms with Gasteiger partial charge >= 0.3 is 5.97 Å². The summed E-state index contributed by atoms with van der Waals surface area (Å²) in [6, 6.07) is 7.21. The van der Waals surface area contributed by atoms with Crippen molar-refractivity contribution in [2.24, 2.45) is 4.99 Å². The Bertz CT molecular complexity index is 667. The molecule has 166 valence electrons. The van der Waals surface area contributed by atoms with Crippen LogP contribution in [0, 0.1) is 0 Å². The highest BCUT2D eigenvalue weighted by Gasteiger charge is 2.07. The van der Waals surface area contributed by atoms with Gasteiger partial charge in [0.2, 0.25) is 0 Å². The molecular weight excluding hydrogens is 382 g/mol. The Morgan fingerprint density at radius 2 is 1.57 bits per heavy atom. The fourth-order valence-corrected chi connectivity index (χ4v) is 2.87. The van der Waals surface area contributed by atoms with E-state index in [2.05, 4.69) is 11.9 Å². The molecule has 1 aromatic rings. The Hall–Kier alpha value is -2.34. The lowest BCUT2D eigenvalue weighted by atomic mass is 10.1. The SMILES string of the molecule is CCCCCCCCCC(=O)CC=Nc1ccc(COC(=O)CCC(=O)CO)cc1. The van der Waals surface area contributed by atoms with Crippen molar-refractivity contribution in [2.45, 2.75) is 84.2 Å². The van der Waals surface area contributed by atoms with Crippen molar-refractivity contribution in [1.82, 2.24) is 0 Å². The number of ether oxygens (including phenoxy) is 1. The molecule has 0 radical (unpaired) electrons. The fourth-order valence-electron chi connectivity index (χ4n) is 2.87. The maximum absolute atomic E-state index is 11.9. The van der Waals surface area contributed by atoms with E-state index < -0.39 is 12.6 Å². The molecule has 0 amide bonds. The molecule has 0 unspecified atom stereocenters. The maximum Gasteiger partial charge on any atom is 0.306 e. The lowest BCUT2D eigenvalue weighted by molar-refractivity contribution is -0.146. The Labute approximate surface area is 179 Å². The van der Waals surface area contributed by atoms with E-state index in [0.717, 1.165) is 24.1 Å². The van der Waals surface area contributed by atoms with Crippen molar-refractivity contribution < 1.29 is 24.2 Å². The minimum absolute atomic E-state index is 0.0132. The van der Waals surface area contributed by atoms with E-state index in [4.69, 9.17) is 9.84 Å². The van der Waals surface area contributed by atoms with Crippen molar-refractivity contribution in [2.75, 3.05) is 6.61 Å². The van der Waals surface area contributed by atoms with Gasteiger partial charge in [-0.1, -0.05) is 57.6 Å². The maximum atomic E-state index is 11.9. The van der Waals surface area contributed by atoms with Crippen LogP contribution < -0.4 is 0 Å². The zero-order chi connectivity index (χ0) is 22.0. The second-order valence-corrected chi connectivity index (χ2v) is 7.45. The van der Waals surface area contributed by atoms with Gasteiger partial charge in [0.05, 0.1) is 12.1 Å². The van der Waals surface area contributed by atoms with E-state index in [9.17, 15) is 14.4 Å². The van der Waals surface area contributed by atoms with E-state index in [-0.39, 0.29) is 31.0 Å². The number of esters is 1. The molecule has 1 rings (SSSR count). The molecule has 0 spiro atoms. The van der Waals surface area contributed by atoms with Gasteiger partial charge in [-0.15, -0.1) is 0 Å². The standard InChI is InChI=1S/C24H35NO5/c1-2-3-4-5-6-7-8-9-22(27)16-17-25-21-12-10-20(11-13-21)19-30-24(29)15-14-23(28)18-26/h10-13,17,26H,2-9,14-16,18-19H2,1H3. The van der Waals surface area contributed by atoms with Crippen LogP contribution in [-0.2, 0) is 25.7 Å². The van der Waals surface area contributed by atoms with E-state index in [1.54, 1.807) is 30.5 Å². The Morgan fingerprint density at radius 3 is 2.23 bits per heavy atom. The summed E-state index contributed by atoms with van der Waals surface area (Å²) in [4.78, 5) is 38.7. The van der Waals surface area contributed by atoms with Crippen LogP contribution in [-0.4, -0.2) is 35.5 Å². The number of ketones is 2. The molecule has 0 aliphatic heterocycles. The van der Waals surface area contributed by atoms with Gasteiger partial charge in [0.15, 0.2) is 5.78 Å². The number of nitrogens with zero attached hydrogens (tertiary/aromatic N) is 1. The van der Waals surface area contributed by atoms with Gasteiger partial charge in [-0.25, -0.2) is 0 Å². The number of hydrogen-bond acceptors (Lipinski definition) is 6. The molecule has 0 bridgehead atoms. The summed E-state index contributed by atoms with van der Waals surface area (Å²) in [5, 5.41) is 8.62. The predicted molar refractivity (Wildman–Crippen MR) is 118 cm³/mol. The highest BCUT2D eigenvalue weighted by Crippen LogP contribution is 2.14. The van der Waals surface area contributed by atoms with Crippen LogP contribution in [0.3, 0.4) is 0 Å². The summed E-state index contributed by atoms with van der Waals surface area (Å²) in [6.07, 6.45) is 11.0. The molecule has 0 saturated heterocycles. The van der Waals surface area contributed by atoms with Crippen LogP contribution in [0.15, 0.2) is 29.3 Å². The van der Waals surface area contributed by atoms with Gasteiger partial charge in [0.25, 0.3) is 0 Å². The van der Waals surface area contributed by atoms with Crippen LogP contribution in [0.1, 0.15) is 83.1 Å². The third kappa shape index (κ3) is 13.0. The Balaban J connectivity index is 2.20. The number of benzene rings is 1.